The van der Waals surface area contributed by atoms with E-state index in [0.29, 0.717) is 6.54 Å². The molecule has 0 aromatic carbocycles. The predicted molar refractivity (Wildman–Crippen MR) is 69.1 cm³/mol. The number of anilines is 1. The van der Waals surface area contributed by atoms with Crippen LogP contribution in [0.15, 0.2) is 12.1 Å². The molecule has 0 saturated carbocycles. The highest BCUT2D eigenvalue weighted by atomic mass is 16.5. The fourth-order valence-electron chi connectivity index (χ4n) is 2.37. The van der Waals surface area contributed by atoms with Crippen LogP contribution in [-0.2, 0) is 11.3 Å². The van der Waals surface area contributed by atoms with Crippen molar-refractivity contribution in [2.45, 2.75) is 39.5 Å². The summed E-state index contributed by atoms with van der Waals surface area (Å²) < 4.78 is 5.73. The summed E-state index contributed by atoms with van der Waals surface area (Å²) in [4.78, 5) is 6.87. The van der Waals surface area contributed by atoms with E-state index >= 15 is 0 Å². The van der Waals surface area contributed by atoms with Crippen molar-refractivity contribution in [3.8, 4) is 0 Å². The number of hydrogen-bond donors (Lipinski definition) is 1. The van der Waals surface area contributed by atoms with Crippen LogP contribution in [-0.4, -0.2) is 30.3 Å². The van der Waals surface area contributed by atoms with Crippen molar-refractivity contribution in [1.29, 1.82) is 0 Å². The van der Waals surface area contributed by atoms with Gasteiger partial charge in [-0.3, -0.25) is 0 Å². The summed E-state index contributed by atoms with van der Waals surface area (Å²) in [5.41, 5.74) is 7.86. The molecular weight excluding hydrogens is 214 g/mol. The number of hydrogen-bond acceptors (Lipinski definition) is 4. The Balaban J connectivity index is 2.23. The molecule has 2 heterocycles. The molecule has 0 spiro atoms. The molecule has 2 unspecified atom stereocenters. The second kappa shape index (κ2) is 5.02. The lowest BCUT2D eigenvalue weighted by atomic mass is 10.2. The SMILES string of the molecule is Cc1cc(CN)cc(N2CC(C)OC(C)C2)n1. The first-order valence-corrected chi connectivity index (χ1v) is 6.16. The van der Waals surface area contributed by atoms with Gasteiger partial charge in [-0.1, -0.05) is 0 Å². The first-order valence-electron chi connectivity index (χ1n) is 6.16. The van der Waals surface area contributed by atoms with Gasteiger partial charge in [0.05, 0.1) is 12.2 Å². The lowest BCUT2D eigenvalue weighted by molar-refractivity contribution is -0.00547. The Morgan fingerprint density at radius 1 is 1.35 bits per heavy atom. The van der Waals surface area contributed by atoms with Crippen LogP contribution in [0.4, 0.5) is 5.82 Å². The lowest BCUT2D eigenvalue weighted by Crippen LogP contribution is -2.45. The third-order valence-corrected chi connectivity index (χ3v) is 2.98. The Kier molecular flexibility index (Phi) is 3.64. The van der Waals surface area contributed by atoms with Gasteiger partial charge in [0.15, 0.2) is 0 Å². The van der Waals surface area contributed by atoms with Gasteiger partial charge >= 0.3 is 0 Å². The highest BCUT2D eigenvalue weighted by molar-refractivity contribution is 5.43. The van der Waals surface area contributed by atoms with Gasteiger partial charge in [0, 0.05) is 25.3 Å². The van der Waals surface area contributed by atoms with Crippen molar-refractivity contribution < 1.29 is 4.74 Å². The van der Waals surface area contributed by atoms with E-state index < -0.39 is 0 Å². The number of morpholine rings is 1. The van der Waals surface area contributed by atoms with E-state index in [4.69, 9.17) is 10.5 Å². The summed E-state index contributed by atoms with van der Waals surface area (Å²) in [6.45, 7) is 8.56. The molecule has 94 valence electrons. The van der Waals surface area contributed by atoms with Gasteiger partial charge in [-0.05, 0) is 38.5 Å². The van der Waals surface area contributed by atoms with Gasteiger partial charge in [0.2, 0.25) is 0 Å². The quantitative estimate of drug-likeness (QED) is 0.843. The molecule has 0 bridgehead atoms. The minimum absolute atomic E-state index is 0.252. The summed E-state index contributed by atoms with van der Waals surface area (Å²) in [6, 6.07) is 4.12. The Morgan fingerprint density at radius 2 is 2.00 bits per heavy atom. The maximum absolute atomic E-state index is 5.73. The highest BCUT2D eigenvalue weighted by Crippen LogP contribution is 2.20. The van der Waals surface area contributed by atoms with E-state index in [1.165, 1.54) is 0 Å². The van der Waals surface area contributed by atoms with Crippen molar-refractivity contribution in [3.05, 3.63) is 23.4 Å². The Hall–Kier alpha value is -1.13. The zero-order valence-electron chi connectivity index (χ0n) is 10.8. The largest absolute Gasteiger partial charge is 0.372 e. The minimum atomic E-state index is 0.252. The third-order valence-electron chi connectivity index (χ3n) is 2.98. The van der Waals surface area contributed by atoms with E-state index in [-0.39, 0.29) is 12.2 Å². The molecule has 17 heavy (non-hydrogen) atoms. The van der Waals surface area contributed by atoms with Crippen LogP contribution in [0.1, 0.15) is 25.1 Å². The number of pyridine rings is 1. The van der Waals surface area contributed by atoms with Gasteiger partial charge in [0.1, 0.15) is 5.82 Å². The minimum Gasteiger partial charge on any atom is -0.372 e. The number of ether oxygens (including phenoxy) is 1. The molecule has 1 aromatic rings. The standard InChI is InChI=1S/C13H21N3O/c1-9-4-12(6-14)5-13(15-9)16-7-10(2)17-11(3)8-16/h4-5,10-11H,6-8,14H2,1-3H3. The van der Waals surface area contributed by atoms with E-state index in [0.717, 1.165) is 30.2 Å². The molecule has 0 aliphatic carbocycles. The molecule has 1 saturated heterocycles. The maximum atomic E-state index is 5.73. The van der Waals surface area contributed by atoms with Gasteiger partial charge in [-0.25, -0.2) is 4.98 Å². The zero-order chi connectivity index (χ0) is 12.4. The molecular formula is C13H21N3O. The van der Waals surface area contributed by atoms with Crippen molar-refractivity contribution in [2.75, 3.05) is 18.0 Å². The monoisotopic (exact) mass is 235 g/mol. The lowest BCUT2D eigenvalue weighted by Gasteiger charge is -2.36. The summed E-state index contributed by atoms with van der Waals surface area (Å²) in [6.07, 6.45) is 0.504. The molecule has 4 heteroatoms. The van der Waals surface area contributed by atoms with Crippen LogP contribution in [0.5, 0.6) is 0 Å². The fourth-order valence-corrected chi connectivity index (χ4v) is 2.37. The molecule has 2 N–H and O–H groups in total. The van der Waals surface area contributed by atoms with Gasteiger partial charge in [0.25, 0.3) is 0 Å². The molecule has 1 aromatic heterocycles. The van der Waals surface area contributed by atoms with Crippen LogP contribution >= 0.6 is 0 Å². The molecule has 1 aliphatic rings. The van der Waals surface area contributed by atoms with Gasteiger partial charge in [-0.15, -0.1) is 0 Å². The van der Waals surface area contributed by atoms with E-state index in [2.05, 4.69) is 29.8 Å². The Labute approximate surface area is 103 Å². The normalized spacial score (nSPS) is 25.1. The summed E-state index contributed by atoms with van der Waals surface area (Å²) in [5, 5.41) is 0. The third kappa shape index (κ3) is 2.96. The Morgan fingerprint density at radius 3 is 2.59 bits per heavy atom. The van der Waals surface area contributed by atoms with E-state index in [1.54, 1.807) is 0 Å². The number of nitrogens with zero attached hydrogens (tertiary/aromatic N) is 2. The number of rotatable bonds is 2. The Bertz CT molecular complexity index is 384. The van der Waals surface area contributed by atoms with Gasteiger partial charge in [-0.2, -0.15) is 0 Å². The van der Waals surface area contributed by atoms with Crippen LogP contribution in [0, 0.1) is 6.92 Å². The van der Waals surface area contributed by atoms with E-state index in [9.17, 15) is 0 Å². The summed E-state index contributed by atoms with van der Waals surface area (Å²) >= 11 is 0. The molecule has 2 rings (SSSR count). The van der Waals surface area contributed by atoms with E-state index in [1.807, 2.05) is 13.0 Å². The topological polar surface area (TPSA) is 51.4 Å². The average Bonchev–Trinajstić information content (AvgIpc) is 2.26. The van der Waals surface area contributed by atoms with Crippen molar-refractivity contribution >= 4 is 5.82 Å². The molecule has 0 amide bonds. The maximum Gasteiger partial charge on any atom is 0.129 e. The molecule has 0 radical (unpaired) electrons. The molecule has 1 fully saturated rings. The zero-order valence-corrected chi connectivity index (χ0v) is 10.8. The number of nitrogens with two attached hydrogens (primary N) is 1. The number of aromatic nitrogens is 1. The fraction of sp³-hybridized carbons (Fsp3) is 0.615. The van der Waals surface area contributed by atoms with Crippen molar-refractivity contribution in [2.24, 2.45) is 5.73 Å². The molecule has 1 aliphatic heterocycles. The smallest absolute Gasteiger partial charge is 0.129 e. The van der Waals surface area contributed by atoms with Crippen LogP contribution < -0.4 is 10.6 Å². The van der Waals surface area contributed by atoms with Crippen LogP contribution in [0.25, 0.3) is 0 Å². The van der Waals surface area contributed by atoms with Crippen molar-refractivity contribution in [3.63, 3.8) is 0 Å². The summed E-state index contributed by atoms with van der Waals surface area (Å²) in [7, 11) is 0. The van der Waals surface area contributed by atoms with Crippen LogP contribution in [0.2, 0.25) is 0 Å². The van der Waals surface area contributed by atoms with Gasteiger partial charge < -0.3 is 15.4 Å². The summed E-state index contributed by atoms with van der Waals surface area (Å²) in [5.74, 6) is 1.02. The number of aryl methyl sites for hydroxylation is 1. The highest BCUT2D eigenvalue weighted by Gasteiger charge is 2.23. The second-order valence-electron chi connectivity index (χ2n) is 4.84. The average molecular weight is 235 g/mol. The first kappa shape index (κ1) is 12.3. The van der Waals surface area contributed by atoms with Crippen LogP contribution in [0.3, 0.4) is 0 Å². The molecule has 2 atom stereocenters. The van der Waals surface area contributed by atoms with Crippen molar-refractivity contribution in [1.82, 2.24) is 4.98 Å². The molecule has 4 nitrogen and oxygen atoms in total. The first-order chi connectivity index (χ1) is 8.08. The second-order valence-corrected chi connectivity index (χ2v) is 4.84. The predicted octanol–water partition coefficient (Wildman–Crippen LogP) is 1.46.